The summed E-state index contributed by atoms with van der Waals surface area (Å²) in [4.78, 5) is 12.9. The number of hydrogen-bond acceptors (Lipinski definition) is 7. The number of benzene rings is 2. The minimum atomic E-state index is -4.68. The lowest BCUT2D eigenvalue weighted by atomic mass is 9.84. The molecule has 0 spiro atoms. The van der Waals surface area contributed by atoms with Crippen LogP contribution in [0.1, 0.15) is 97.8 Å². The third kappa shape index (κ3) is 13.0. The maximum absolute atomic E-state index is 14.2. The van der Waals surface area contributed by atoms with Crippen LogP contribution in [0, 0.1) is 0 Å². The van der Waals surface area contributed by atoms with Gasteiger partial charge in [0, 0.05) is 0 Å². The fraction of sp³-hybridized carbons (Fsp3) is 0.618. The number of cyclic esters (lactones) is 1. The second kappa shape index (κ2) is 15.5. The van der Waals surface area contributed by atoms with E-state index in [1.807, 2.05) is 0 Å². The molecule has 0 aromatic heterocycles. The number of rotatable bonds is 13. The third-order valence-corrected chi connectivity index (χ3v) is 10.0. The summed E-state index contributed by atoms with van der Waals surface area (Å²) in [6.07, 6.45) is -3.40. The van der Waals surface area contributed by atoms with Crippen LogP contribution in [0.4, 0.5) is 18.0 Å². The number of alkyl carbamates (subject to hydrolysis) is 1. The van der Waals surface area contributed by atoms with Gasteiger partial charge >= 0.3 is 20.1 Å². The van der Waals surface area contributed by atoms with Crippen LogP contribution in [0.5, 0.6) is 5.75 Å². The fourth-order valence-corrected chi connectivity index (χ4v) is 7.29. The van der Waals surface area contributed by atoms with E-state index >= 15 is 0 Å². The van der Waals surface area contributed by atoms with Gasteiger partial charge < -0.3 is 14.8 Å². The van der Waals surface area contributed by atoms with Gasteiger partial charge in [-0.2, -0.15) is 13.2 Å². The van der Waals surface area contributed by atoms with E-state index in [9.17, 15) is 22.5 Å². The van der Waals surface area contributed by atoms with E-state index in [1.165, 1.54) is 6.07 Å². The zero-order valence-corrected chi connectivity index (χ0v) is 31.2. The van der Waals surface area contributed by atoms with Crippen LogP contribution < -0.4 is 10.1 Å². The van der Waals surface area contributed by atoms with Crippen molar-refractivity contribution >= 4 is 37.1 Å². The number of phosphoric acid groups is 1. The summed E-state index contributed by atoms with van der Waals surface area (Å²) in [5.74, 6) is -0.282. The monoisotopic (exact) mass is 739 g/mol. The van der Waals surface area contributed by atoms with Gasteiger partial charge in [0.1, 0.15) is 11.4 Å². The number of halogens is 5. The lowest BCUT2D eigenvalue weighted by molar-refractivity contribution is -0.139. The Balaban J connectivity index is 1.81. The average molecular weight is 741 g/mol. The molecule has 1 aliphatic heterocycles. The third-order valence-electron chi connectivity index (χ3n) is 7.31. The largest absolute Gasteiger partial charge is 0.493 e. The van der Waals surface area contributed by atoms with Crippen LogP contribution in [0.25, 0.3) is 0 Å². The molecule has 1 N–H and O–H groups in total. The lowest BCUT2D eigenvalue weighted by Crippen LogP contribution is -2.51. The highest BCUT2D eigenvalue weighted by molar-refractivity contribution is 7.48. The van der Waals surface area contributed by atoms with Crippen molar-refractivity contribution in [2.45, 2.75) is 122 Å². The van der Waals surface area contributed by atoms with Gasteiger partial charge in [-0.1, -0.05) is 35.3 Å². The standard InChI is InChI=1S/C34H47Cl2F3NO7P/c1-30(2,3)46-48(42,47-31(4,5)6)44-22-33(18-17-32(7,8)45-29(41)40-33)16-15-24-12-14-28(25(20-24)34(37,38)39)43-19-9-10-23-11-13-26(35)27(36)21-23/h11-14,20-21H,9-10,15-19,22H2,1-8H3,(H,40,41)/t33-/m0/s1. The van der Waals surface area contributed by atoms with Crippen molar-refractivity contribution in [2.75, 3.05) is 13.2 Å². The van der Waals surface area contributed by atoms with Crippen LogP contribution in [-0.2, 0) is 41.9 Å². The van der Waals surface area contributed by atoms with Gasteiger partial charge in [0.2, 0.25) is 0 Å². The Bertz CT molecular complexity index is 1450. The molecule has 0 unspecified atom stereocenters. The van der Waals surface area contributed by atoms with Crippen LogP contribution >= 0.6 is 31.0 Å². The van der Waals surface area contributed by atoms with E-state index in [1.54, 1.807) is 79.7 Å². The first-order chi connectivity index (χ1) is 21.9. The summed E-state index contributed by atoms with van der Waals surface area (Å²) < 4.78 is 85.0. The lowest BCUT2D eigenvalue weighted by Gasteiger charge is -2.36. The molecule has 0 bridgehead atoms. The number of phosphoric ester groups is 1. The Hall–Kier alpha value is -2.01. The number of carbonyl (C=O) groups is 1. The average Bonchev–Trinajstić information content (AvgIpc) is 3.03. The van der Waals surface area contributed by atoms with E-state index in [2.05, 4.69) is 5.32 Å². The SMILES string of the molecule is CC(C)(C)OP(=O)(OC[C@]1(CCc2ccc(OCCCc3ccc(Cl)c(Cl)c3)c(C(F)(F)F)c2)CCC(C)(C)OC(=O)N1)OC(C)(C)C. The highest BCUT2D eigenvalue weighted by Gasteiger charge is 2.44. The molecule has 8 nitrogen and oxygen atoms in total. The molecule has 1 aliphatic rings. The highest BCUT2D eigenvalue weighted by atomic mass is 35.5. The molecule has 1 heterocycles. The van der Waals surface area contributed by atoms with Gasteiger partial charge in [-0.3, -0.25) is 13.6 Å². The predicted octanol–water partition coefficient (Wildman–Crippen LogP) is 10.7. The smallest absolute Gasteiger partial charge is 0.475 e. The molecule has 1 fully saturated rings. The van der Waals surface area contributed by atoms with Gasteiger partial charge in [-0.05, 0) is 129 Å². The molecule has 2 aromatic carbocycles. The van der Waals surface area contributed by atoms with Crippen LogP contribution in [0.2, 0.25) is 10.0 Å². The molecule has 0 aliphatic carbocycles. The molecule has 14 heteroatoms. The number of hydrogen-bond donors (Lipinski definition) is 1. The molecule has 3 rings (SSSR count). The Morgan fingerprint density at radius 1 is 0.896 bits per heavy atom. The molecule has 2 aromatic rings. The topological polar surface area (TPSA) is 92.3 Å². The van der Waals surface area contributed by atoms with Crippen molar-refractivity contribution in [1.29, 1.82) is 0 Å². The van der Waals surface area contributed by atoms with Gasteiger partial charge in [0.25, 0.3) is 0 Å². The van der Waals surface area contributed by atoms with E-state index in [-0.39, 0.29) is 31.8 Å². The summed E-state index contributed by atoms with van der Waals surface area (Å²) in [7, 11) is -4.18. The summed E-state index contributed by atoms with van der Waals surface area (Å²) in [6, 6.07) is 9.12. The molecular weight excluding hydrogens is 693 g/mol. The van der Waals surface area contributed by atoms with Crippen LogP contribution in [0.3, 0.4) is 0 Å². The molecular formula is C34H47Cl2F3NO7P. The Kier molecular flexibility index (Phi) is 13.0. The van der Waals surface area contributed by atoms with Crippen molar-refractivity contribution < 1.29 is 45.6 Å². The fourth-order valence-electron chi connectivity index (χ4n) is 5.08. The molecule has 1 amide bonds. The predicted molar refractivity (Wildman–Crippen MR) is 181 cm³/mol. The Morgan fingerprint density at radius 3 is 2.08 bits per heavy atom. The second-order valence-corrected chi connectivity index (χ2v) is 17.0. The highest BCUT2D eigenvalue weighted by Crippen LogP contribution is 2.56. The summed E-state index contributed by atoms with van der Waals surface area (Å²) >= 11 is 12.0. The number of alkyl halides is 3. The van der Waals surface area contributed by atoms with E-state index in [4.69, 9.17) is 46.2 Å². The minimum absolute atomic E-state index is 0.0538. The normalized spacial score (nSPS) is 19.0. The van der Waals surface area contributed by atoms with Gasteiger partial charge in [-0.15, -0.1) is 0 Å². The Morgan fingerprint density at radius 2 is 1.50 bits per heavy atom. The first-order valence-electron chi connectivity index (χ1n) is 15.8. The van der Waals surface area contributed by atoms with E-state index < -0.39 is 48.0 Å². The van der Waals surface area contributed by atoms with Crippen LogP contribution in [-0.4, -0.2) is 41.6 Å². The summed E-state index contributed by atoms with van der Waals surface area (Å²) in [5.41, 5.74) is -3.43. The number of nitrogens with one attached hydrogen (secondary N) is 1. The number of ether oxygens (including phenoxy) is 2. The van der Waals surface area contributed by atoms with Crippen molar-refractivity contribution in [2.24, 2.45) is 0 Å². The number of aryl methyl sites for hydroxylation is 2. The minimum Gasteiger partial charge on any atom is -0.493 e. The zero-order chi connectivity index (χ0) is 36.2. The molecule has 0 saturated carbocycles. The molecule has 48 heavy (non-hydrogen) atoms. The van der Waals surface area contributed by atoms with Crippen molar-refractivity contribution in [3.63, 3.8) is 0 Å². The van der Waals surface area contributed by atoms with Crippen LogP contribution in [0.15, 0.2) is 36.4 Å². The Labute approximate surface area is 291 Å². The van der Waals surface area contributed by atoms with Gasteiger partial charge in [0.05, 0.1) is 45.6 Å². The first kappa shape index (κ1) is 40.4. The van der Waals surface area contributed by atoms with Gasteiger partial charge in [0.15, 0.2) is 0 Å². The zero-order valence-electron chi connectivity index (χ0n) is 28.8. The maximum atomic E-state index is 14.2. The first-order valence-corrected chi connectivity index (χ1v) is 18.0. The summed E-state index contributed by atoms with van der Waals surface area (Å²) in [6.45, 7) is 13.5. The molecule has 270 valence electrons. The van der Waals surface area contributed by atoms with E-state index in [0.717, 1.165) is 11.6 Å². The number of carbonyl (C=O) groups excluding carboxylic acids is 1. The summed E-state index contributed by atoms with van der Waals surface area (Å²) in [5, 5.41) is 3.68. The molecule has 1 atom stereocenters. The number of amides is 1. The second-order valence-electron chi connectivity index (χ2n) is 14.7. The van der Waals surface area contributed by atoms with Crippen molar-refractivity contribution in [3.8, 4) is 5.75 Å². The molecule has 0 radical (unpaired) electrons. The molecule has 1 saturated heterocycles. The maximum Gasteiger partial charge on any atom is 0.475 e. The van der Waals surface area contributed by atoms with Gasteiger partial charge in [-0.25, -0.2) is 9.36 Å². The quantitative estimate of drug-likeness (QED) is 0.161. The van der Waals surface area contributed by atoms with Crippen molar-refractivity contribution in [3.05, 3.63) is 63.1 Å². The van der Waals surface area contributed by atoms with E-state index in [0.29, 0.717) is 41.3 Å². The van der Waals surface area contributed by atoms with Crippen molar-refractivity contribution in [1.82, 2.24) is 5.32 Å².